The van der Waals surface area contributed by atoms with Gasteiger partial charge in [-0.2, -0.15) is 0 Å². The number of para-hydroxylation sites is 1. The van der Waals surface area contributed by atoms with Crippen LogP contribution in [0.3, 0.4) is 0 Å². The van der Waals surface area contributed by atoms with Crippen molar-refractivity contribution < 1.29 is 4.79 Å². The van der Waals surface area contributed by atoms with E-state index in [1.807, 2.05) is 44.2 Å². The molecule has 7 heteroatoms. The number of aryl methyl sites for hydroxylation is 1. The fraction of sp³-hybridized carbons (Fsp3) is 0.333. The van der Waals surface area contributed by atoms with Gasteiger partial charge in [0.25, 0.3) is 5.56 Å². The third-order valence-corrected chi connectivity index (χ3v) is 5.93. The molecule has 28 heavy (non-hydrogen) atoms. The summed E-state index contributed by atoms with van der Waals surface area (Å²) >= 11 is 1.26. The number of hydrogen-bond donors (Lipinski definition) is 1. The van der Waals surface area contributed by atoms with Gasteiger partial charge in [0.1, 0.15) is 5.82 Å². The molecule has 144 valence electrons. The topological polar surface area (TPSA) is 76.9 Å². The lowest BCUT2D eigenvalue weighted by Crippen LogP contribution is -2.35. The summed E-state index contributed by atoms with van der Waals surface area (Å²) < 4.78 is 1.51. The van der Waals surface area contributed by atoms with E-state index in [0.717, 1.165) is 5.56 Å². The van der Waals surface area contributed by atoms with Crippen LogP contribution in [0, 0.1) is 12.8 Å². The molecular formula is C21H22N4O2S. The fourth-order valence-electron chi connectivity index (χ4n) is 3.25. The number of aromatic nitrogens is 3. The Morgan fingerprint density at radius 2 is 2.07 bits per heavy atom. The van der Waals surface area contributed by atoms with Gasteiger partial charge in [-0.15, -0.1) is 0 Å². The minimum absolute atomic E-state index is 0.0453. The van der Waals surface area contributed by atoms with Gasteiger partial charge in [-0.3, -0.25) is 9.59 Å². The number of pyridine rings is 1. The molecule has 1 aliphatic carbocycles. The van der Waals surface area contributed by atoms with E-state index < -0.39 is 0 Å². The van der Waals surface area contributed by atoms with Gasteiger partial charge in [0.2, 0.25) is 5.91 Å². The monoisotopic (exact) mass is 394 g/mol. The van der Waals surface area contributed by atoms with Gasteiger partial charge in [0, 0.05) is 12.2 Å². The average Bonchev–Trinajstić information content (AvgIpc) is 3.53. The summed E-state index contributed by atoms with van der Waals surface area (Å²) in [6.07, 6.45) is 4.01. The van der Waals surface area contributed by atoms with Gasteiger partial charge in [0.15, 0.2) is 5.16 Å². The highest BCUT2D eigenvalue weighted by atomic mass is 32.2. The van der Waals surface area contributed by atoms with Crippen LogP contribution in [0.1, 0.15) is 25.3 Å². The number of nitrogens with one attached hydrogen (secondary N) is 1. The van der Waals surface area contributed by atoms with E-state index in [1.165, 1.54) is 29.2 Å². The summed E-state index contributed by atoms with van der Waals surface area (Å²) in [6.45, 7) is 3.95. The van der Waals surface area contributed by atoms with Crippen molar-refractivity contribution in [3.05, 3.63) is 58.5 Å². The SMILES string of the molecule is Cc1cccnc1-n1c(SCC(=O)N[C@@H](C)C2CC2)nc2ccccc2c1=O. The zero-order valence-corrected chi connectivity index (χ0v) is 16.7. The van der Waals surface area contributed by atoms with Crippen LogP contribution in [0.2, 0.25) is 0 Å². The fourth-order valence-corrected chi connectivity index (χ4v) is 4.05. The number of amides is 1. The van der Waals surface area contributed by atoms with Crippen molar-refractivity contribution in [1.29, 1.82) is 0 Å². The minimum atomic E-state index is -0.179. The molecule has 1 aromatic carbocycles. The summed E-state index contributed by atoms with van der Waals surface area (Å²) in [5.41, 5.74) is 1.31. The Labute approximate surface area is 167 Å². The van der Waals surface area contributed by atoms with Crippen LogP contribution in [0.4, 0.5) is 0 Å². The molecule has 0 saturated heterocycles. The van der Waals surface area contributed by atoms with Crippen LogP contribution >= 0.6 is 11.8 Å². The van der Waals surface area contributed by atoms with Crippen molar-refractivity contribution in [3.63, 3.8) is 0 Å². The number of carbonyl (C=O) groups is 1. The van der Waals surface area contributed by atoms with E-state index in [0.29, 0.717) is 27.8 Å². The van der Waals surface area contributed by atoms with Crippen LogP contribution in [-0.4, -0.2) is 32.2 Å². The van der Waals surface area contributed by atoms with Gasteiger partial charge < -0.3 is 5.32 Å². The summed E-state index contributed by atoms with van der Waals surface area (Å²) in [6, 6.07) is 11.2. The Hall–Kier alpha value is -2.67. The molecule has 3 aromatic rings. The molecule has 2 heterocycles. The summed E-state index contributed by atoms with van der Waals surface area (Å²) in [4.78, 5) is 34.6. The molecule has 1 N–H and O–H groups in total. The third kappa shape index (κ3) is 3.80. The number of benzene rings is 1. The van der Waals surface area contributed by atoms with Gasteiger partial charge in [0.05, 0.1) is 16.7 Å². The highest BCUT2D eigenvalue weighted by Gasteiger charge is 2.29. The van der Waals surface area contributed by atoms with Gasteiger partial charge in [-0.05, 0) is 56.4 Å². The number of thioether (sulfide) groups is 1. The predicted molar refractivity (Wildman–Crippen MR) is 111 cm³/mol. The maximum Gasteiger partial charge on any atom is 0.267 e. The Bertz CT molecular complexity index is 1090. The molecule has 0 unspecified atom stereocenters. The maximum absolute atomic E-state index is 13.2. The number of carbonyl (C=O) groups excluding carboxylic acids is 1. The van der Waals surface area contributed by atoms with Crippen molar-refractivity contribution in [2.75, 3.05) is 5.75 Å². The first-order chi connectivity index (χ1) is 13.5. The first kappa shape index (κ1) is 18.7. The minimum Gasteiger partial charge on any atom is -0.353 e. The number of nitrogens with zero attached hydrogens (tertiary/aromatic N) is 3. The molecule has 2 aromatic heterocycles. The second-order valence-electron chi connectivity index (χ2n) is 7.18. The zero-order chi connectivity index (χ0) is 19.7. The maximum atomic E-state index is 13.2. The van der Waals surface area contributed by atoms with Crippen LogP contribution in [0.5, 0.6) is 0 Å². The van der Waals surface area contributed by atoms with Gasteiger partial charge in [-0.25, -0.2) is 14.5 Å². The van der Waals surface area contributed by atoms with Crippen LogP contribution in [-0.2, 0) is 4.79 Å². The zero-order valence-electron chi connectivity index (χ0n) is 15.9. The lowest BCUT2D eigenvalue weighted by atomic mass is 10.2. The molecule has 0 bridgehead atoms. The molecule has 6 nitrogen and oxygen atoms in total. The standard InChI is InChI=1S/C21H22N4O2S/c1-13-6-5-11-22-19(13)25-20(27)16-7-3-4-8-17(16)24-21(25)28-12-18(26)23-14(2)15-9-10-15/h3-8,11,14-15H,9-10,12H2,1-2H3,(H,23,26)/t14-/m0/s1. The first-order valence-corrected chi connectivity index (χ1v) is 10.4. The molecule has 1 atom stereocenters. The van der Waals surface area contributed by atoms with E-state index in [1.54, 1.807) is 12.3 Å². The molecule has 4 rings (SSSR count). The van der Waals surface area contributed by atoms with Gasteiger partial charge >= 0.3 is 0 Å². The lowest BCUT2D eigenvalue weighted by Gasteiger charge is -2.15. The molecule has 0 spiro atoms. The third-order valence-electron chi connectivity index (χ3n) is 4.99. The van der Waals surface area contributed by atoms with E-state index in [2.05, 4.69) is 15.3 Å². The van der Waals surface area contributed by atoms with E-state index in [4.69, 9.17) is 0 Å². The van der Waals surface area contributed by atoms with Crippen molar-refractivity contribution in [1.82, 2.24) is 19.9 Å². The number of rotatable bonds is 6. The second-order valence-corrected chi connectivity index (χ2v) is 8.12. The van der Waals surface area contributed by atoms with E-state index in [-0.39, 0.29) is 23.3 Å². The van der Waals surface area contributed by atoms with Crippen molar-refractivity contribution >= 4 is 28.6 Å². The molecule has 0 radical (unpaired) electrons. The van der Waals surface area contributed by atoms with E-state index in [9.17, 15) is 9.59 Å². The summed E-state index contributed by atoms with van der Waals surface area (Å²) in [5, 5.41) is 4.05. The molecule has 1 fully saturated rings. The Morgan fingerprint density at radius 1 is 1.29 bits per heavy atom. The first-order valence-electron chi connectivity index (χ1n) is 9.40. The van der Waals surface area contributed by atoms with Crippen molar-refractivity contribution in [2.24, 2.45) is 5.92 Å². The highest BCUT2D eigenvalue weighted by molar-refractivity contribution is 7.99. The summed E-state index contributed by atoms with van der Waals surface area (Å²) in [5.74, 6) is 1.30. The normalized spacial score (nSPS) is 14.8. The molecule has 1 aliphatic rings. The van der Waals surface area contributed by atoms with E-state index >= 15 is 0 Å². The Kier molecular flexibility index (Phi) is 5.17. The quantitative estimate of drug-likeness (QED) is 0.514. The van der Waals surface area contributed by atoms with Gasteiger partial charge in [-0.1, -0.05) is 30.0 Å². The van der Waals surface area contributed by atoms with Crippen molar-refractivity contribution in [2.45, 2.75) is 37.9 Å². The highest BCUT2D eigenvalue weighted by Crippen LogP contribution is 2.32. The number of fused-ring (bicyclic) bond motifs is 1. The Balaban J connectivity index is 1.70. The van der Waals surface area contributed by atoms with Crippen LogP contribution in [0.25, 0.3) is 16.7 Å². The van der Waals surface area contributed by atoms with Crippen molar-refractivity contribution in [3.8, 4) is 5.82 Å². The van der Waals surface area contributed by atoms with Crippen LogP contribution < -0.4 is 10.9 Å². The molecular weight excluding hydrogens is 372 g/mol. The average molecular weight is 395 g/mol. The lowest BCUT2D eigenvalue weighted by molar-refractivity contribution is -0.119. The Morgan fingerprint density at radius 3 is 2.82 bits per heavy atom. The number of hydrogen-bond acceptors (Lipinski definition) is 5. The largest absolute Gasteiger partial charge is 0.353 e. The second kappa shape index (κ2) is 7.75. The molecule has 1 saturated carbocycles. The molecule has 0 aliphatic heterocycles. The summed E-state index contributed by atoms with van der Waals surface area (Å²) in [7, 11) is 0. The predicted octanol–water partition coefficient (Wildman–Crippen LogP) is 3.10. The molecule has 1 amide bonds. The smallest absolute Gasteiger partial charge is 0.267 e. The van der Waals surface area contributed by atoms with Crippen LogP contribution in [0.15, 0.2) is 52.5 Å².